The molecule has 1 heterocycles. The third kappa shape index (κ3) is 6.66. The molecule has 2 N–H and O–H groups in total. The predicted molar refractivity (Wildman–Crippen MR) is 122 cm³/mol. The van der Waals surface area contributed by atoms with Gasteiger partial charge in [-0.15, -0.1) is 12.4 Å². The second-order valence-corrected chi connectivity index (χ2v) is 6.97. The number of hydrogen-bond donors (Lipinski definition) is 1. The molecule has 9 nitrogen and oxygen atoms in total. The van der Waals surface area contributed by atoms with Crippen LogP contribution in [0.3, 0.4) is 0 Å². The number of likely N-dealkylation sites (N-methyl/N-ethyl adjacent to an activating group) is 1. The molecule has 10 heteroatoms. The summed E-state index contributed by atoms with van der Waals surface area (Å²) in [6, 6.07) is 16.4. The van der Waals surface area contributed by atoms with Gasteiger partial charge in [-0.3, -0.25) is 14.9 Å². The van der Waals surface area contributed by atoms with E-state index in [0.717, 1.165) is 11.8 Å². The highest BCUT2D eigenvalue weighted by atomic mass is 35.5. The van der Waals surface area contributed by atoms with E-state index in [0.29, 0.717) is 23.7 Å². The maximum absolute atomic E-state index is 11.9. The van der Waals surface area contributed by atoms with Gasteiger partial charge in [0.2, 0.25) is 11.8 Å². The minimum absolute atomic E-state index is 0. The summed E-state index contributed by atoms with van der Waals surface area (Å²) in [6.07, 6.45) is 1.58. The molecule has 0 fully saturated rings. The van der Waals surface area contributed by atoms with Crippen molar-refractivity contribution >= 4 is 24.0 Å². The maximum Gasteiger partial charge on any atom is 0.287 e. The van der Waals surface area contributed by atoms with E-state index in [1.165, 1.54) is 17.0 Å². The van der Waals surface area contributed by atoms with Crippen molar-refractivity contribution in [1.82, 2.24) is 9.88 Å². The molecular weight excluding hydrogens is 436 g/mol. The van der Waals surface area contributed by atoms with Gasteiger partial charge >= 0.3 is 0 Å². The molecule has 3 aromatic rings. The van der Waals surface area contributed by atoms with Crippen LogP contribution >= 0.6 is 12.4 Å². The number of halogens is 1. The van der Waals surface area contributed by atoms with E-state index in [-0.39, 0.29) is 29.9 Å². The summed E-state index contributed by atoms with van der Waals surface area (Å²) < 4.78 is 11.4. The van der Waals surface area contributed by atoms with Gasteiger partial charge in [0.15, 0.2) is 0 Å². The number of amides is 1. The fourth-order valence-electron chi connectivity index (χ4n) is 2.74. The summed E-state index contributed by atoms with van der Waals surface area (Å²) in [5.41, 5.74) is 6.77. The fourth-order valence-corrected chi connectivity index (χ4v) is 2.74. The zero-order valence-corrected chi connectivity index (χ0v) is 18.3. The molecule has 0 unspecified atom stereocenters. The second-order valence-electron chi connectivity index (χ2n) is 6.97. The molecule has 1 atom stereocenters. The maximum atomic E-state index is 11.9. The van der Waals surface area contributed by atoms with Crippen LogP contribution in [0.4, 0.5) is 5.69 Å². The van der Waals surface area contributed by atoms with Crippen molar-refractivity contribution < 1.29 is 19.2 Å². The molecule has 0 aliphatic heterocycles. The zero-order valence-electron chi connectivity index (χ0n) is 17.5. The predicted octanol–water partition coefficient (Wildman–Crippen LogP) is 3.95. The Morgan fingerprint density at radius 2 is 1.53 bits per heavy atom. The van der Waals surface area contributed by atoms with Crippen LogP contribution in [-0.4, -0.2) is 40.9 Å². The van der Waals surface area contributed by atoms with Crippen LogP contribution in [0.15, 0.2) is 66.9 Å². The van der Waals surface area contributed by atoms with Crippen LogP contribution in [0.25, 0.3) is 0 Å². The lowest BCUT2D eigenvalue weighted by Gasteiger charge is -2.16. The van der Waals surface area contributed by atoms with Gasteiger partial charge in [0.05, 0.1) is 11.0 Å². The Labute approximate surface area is 191 Å². The first kappa shape index (κ1) is 24.6. The Morgan fingerprint density at radius 1 is 1.00 bits per heavy atom. The number of aromatic nitrogens is 1. The van der Waals surface area contributed by atoms with Crippen molar-refractivity contribution in [2.75, 3.05) is 14.1 Å². The number of hydrogen-bond acceptors (Lipinski definition) is 7. The van der Waals surface area contributed by atoms with Crippen LogP contribution in [0.2, 0.25) is 0 Å². The van der Waals surface area contributed by atoms with Gasteiger partial charge in [0, 0.05) is 26.2 Å². The minimum atomic E-state index is -0.584. The standard InChI is InChI=1S/C22H22N4O5.ClH/c1-25(2)22(27)20(23)13-15-3-6-17(7-4-15)30-18-8-10-19(11-9-18)31-21-12-5-16(14-24-21)26(28)29;/h3-12,14,20H,13,23H2,1-2H3;1H/t20-;/m0./s1. The summed E-state index contributed by atoms with van der Waals surface area (Å²) in [6.45, 7) is 0. The van der Waals surface area contributed by atoms with Crippen molar-refractivity contribution in [3.05, 3.63) is 82.5 Å². The van der Waals surface area contributed by atoms with Crippen LogP contribution in [0.1, 0.15) is 5.56 Å². The number of carbonyl (C=O) groups is 1. The highest BCUT2D eigenvalue weighted by Crippen LogP contribution is 2.27. The average Bonchev–Trinajstić information content (AvgIpc) is 2.76. The molecule has 0 aliphatic rings. The Kier molecular flexibility index (Phi) is 8.51. The van der Waals surface area contributed by atoms with Gasteiger partial charge in [0.1, 0.15) is 23.4 Å². The molecule has 168 valence electrons. The molecule has 1 aromatic heterocycles. The molecular formula is C22H23ClN4O5. The lowest BCUT2D eigenvalue weighted by molar-refractivity contribution is -0.385. The van der Waals surface area contributed by atoms with Crippen LogP contribution in [-0.2, 0) is 11.2 Å². The highest BCUT2D eigenvalue weighted by molar-refractivity contribution is 5.85. The van der Waals surface area contributed by atoms with Crippen LogP contribution in [0, 0.1) is 10.1 Å². The van der Waals surface area contributed by atoms with Gasteiger partial charge < -0.3 is 20.1 Å². The minimum Gasteiger partial charge on any atom is -0.457 e. The number of nitrogens with zero attached hydrogens (tertiary/aromatic N) is 3. The third-order valence-electron chi connectivity index (χ3n) is 4.35. The van der Waals surface area contributed by atoms with E-state index in [9.17, 15) is 14.9 Å². The lowest BCUT2D eigenvalue weighted by atomic mass is 10.1. The number of nitrogens with two attached hydrogens (primary N) is 1. The summed E-state index contributed by atoms with van der Waals surface area (Å²) >= 11 is 0. The normalized spacial score (nSPS) is 11.1. The summed E-state index contributed by atoms with van der Waals surface area (Å²) in [5, 5.41) is 10.7. The summed E-state index contributed by atoms with van der Waals surface area (Å²) in [7, 11) is 3.36. The van der Waals surface area contributed by atoms with Crippen molar-refractivity contribution in [2.24, 2.45) is 5.73 Å². The van der Waals surface area contributed by atoms with E-state index in [1.807, 2.05) is 24.3 Å². The van der Waals surface area contributed by atoms with Gasteiger partial charge in [-0.2, -0.15) is 0 Å². The van der Waals surface area contributed by atoms with E-state index in [2.05, 4.69) is 4.98 Å². The largest absolute Gasteiger partial charge is 0.457 e. The quantitative estimate of drug-likeness (QED) is 0.400. The molecule has 0 radical (unpaired) electrons. The number of pyridine rings is 1. The third-order valence-corrected chi connectivity index (χ3v) is 4.35. The monoisotopic (exact) mass is 458 g/mol. The van der Waals surface area contributed by atoms with Crippen molar-refractivity contribution in [1.29, 1.82) is 0 Å². The molecule has 0 aliphatic carbocycles. The number of benzene rings is 2. The van der Waals surface area contributed by atoms with Crippen molar-refractivity contribution in [3.8, 4) is 23.1 Å². The lowest BCUT2D eigenvalue weighted by Crippen LogP contribution is -2.41. The van der Waals surface area contributed by atoms with Gasteiger partial charge in [-0.25, -0.2) is 4.98 Å². The molecule has 2 aromatic carbocycles. The van der Waals surface area contributed by atoms with Gasteiger partial charge in [-0.05, 0) is 48.4 Å². The van der Waals surface area contributed by atoms with E-state index in [1.54, 1.807) is 38.4 Å². The topological polar surface area (TPSA) is 121 Å². The van der Waals surface area contributed by atoms with Gasteiger partial charge in [-0.1, -0.05) is 12.1 Å². The average molecular weight is 459 g/mol. The van der Waals surface area contributed by atoms with Crippen molar-refractivity contribution in [2.45, 2.75) is 12.5 Å². The van der Waals surface area contributed by atoms with Crippen LogP contribution < -0.4 is 15.2 Å². The Bertz CT molecular complexity index is 1040. The van der Waals surface area contributed by atoms with Crippen molar-refractivity contribution in [3.63, 3.8) is 0 Å². The summed E-state index contributed by atoms with van der Waals surface area (Å²) in [5.74, 6) is 1.90. The Hall–Kier alpha value is -3.69. The number of nitro groups is 1. The first-order valence-electron chi connectivity index (χ1n) is 9.44. The number of rotatable bonds is 8. The molecule has 1 amide bonds. The van der Waals surface area contributed by atoms with E-state index >= 15 is 0 Å². The smallest absolute Gasteiger partial charge is 0.287 e. The fraction of sp³-hybridized carbons (Fsp3) is 0.182. The molecule has 0 saturated carbocycles. The zero-order chi connectivity index (χ0) is 22.4. The molecule has 0 spiro atoms. The molecule has 0 saturated heterocycles. The van der Waals surface area contributed by atoms with Crippen LogP contribution in [0.5, 0.6) is 23.1 Å². The Balaban J connectivity index is 0.00000363. The Morgan fingerprint density at radius 3 is 2.00 bits per heavy atom. The molecule has 32 heavy (non-hydrogen) atoms. The first-order chi connectivity index (χ1) is 14.8. The first-order valence-corrected chi connectivity index (χ1v) is 9.44. The number of ether oxygens (including phenoxy) is 2. The highest BCUT2D eigenvalue weighted by Gasteiger charge is 2.15. The second kappa shape index (κ2) is 11.1. The van der Waals surface area contributed by atoms with Gasteiger partial charge in [0.25, 0.3) is 5.69 Å². The summed E-state index contributed by atoms with van der Waals surface area (Å²) in [4.78, 5) is 27.4. The molecule has 0 bridgehead atoms. The molecule has 3 rings (SSSR count). The number of carbonyl (C=O) groups excluding carboxylic acids is 1. The van der Waals surface area contributed by atoms with E-state index in [4.69, 9.17) is 15.2 Å². The SMILES string of the molecule is CN(C)C(=O)[C@@H](N)Cc1ccc(Oc2ccc(Oc3ccc([N+](=O)[O-])cn3)cc2)cc1.Cl. The van der Waals surface area contributed by atoms with E-state index < -0.39 is 11.0 Å².